The zero-order valence-corrected chi connectivity index (χ0v) is 9.94. The molecule has 1 aromatic heterocycles. The predicted octanol–water partition coefficient (Wildman–Crippen LogP) is 1.45. The van der Waals surface area contributed by atoms with Crippen LogP contribution >= 0.6 is 11.6 Å². The highest BCUT2D eigenvalue weighted by Gasteiger charge is 2.46. The number of hydrogen-bond acceptors (Lipinski definition) is 4. The second kappa shape index (κ2) is 4.06. The number of nitrogens with zero attached hydrogens (tertiary/aromatic N) is 2. The van der Waals surface area contributed by atoms with E-state index in [9.17, 15) is 4.21 Å². The van der Waals surface area contributed by atoms with Crippen LogP contribution in [0.4, 0.5) is 5.82 Å². The standard InChI is InChI=1S/C9H12ClN3OS/c1-15(14)9(2-3-9)6-13-8-7(10)11-4-5-12-8/h4-5H,2-3,6H2,1H3,(H,12,13). The smallest absolute Gasteiger partial charge is 0.171 e. The second-order valence-corrected chi connectivity index (χ2v) is 5.82. The molecule has 0 aliphatic heterocycles. The van der Waals surface area contributed by atoms with Gasteiger partial charge in [-0.05, 0) is 12.8 Å². The van der Waals surface area contributed by atoms with Gasteiger partial charge in [0, 0.05) is 36.0 Å². The van der Waals surface area contributed by atoms with Gasteiger partial charge in [-0.2, -0.15) is 0 Å². The van der Waals surface area contributed by atoms with Crippen molar-refractivity contribution in [2.45, 2.75) is 17.6 Å². The van der Waals surface area contributed by atoms with Crippen molar-refractivity contribution in [1.29, 1.82) is 0 Å². The fourth-order valence-corrected chi connectivity index (χ4v) is 2.51. The van der Waals surface area contributed by atoms with E-state index in [1.54, 1.807) is 18.6 Å². The van der Waals surface area contributed by atoms with E-state index in [0.717, 1.165) is 12.8 Å². The summed E-state index contributed by atoms with van der Waals surface area (Å²) in [5, 5.41) is 3.46. The molecule has 4 nitrogen and oxygen atoms in total. The van der Waals surface area contributed by atoms with Gasteiger partial charge in [0.1, 0.15) is 0 Å². The Morgan fingerprint density at radius 2 is 2.20 bits per heavy atom. The van der Waals surface area contributed by atoms with E-state index in [1.807, 2.05) is 0 Å². The summed E-state index contributed by atoms with van der Waals surface area (Å²) in [5.41, 5.74) is 0. The lowest BCUT2D eigenvalue weighted by Gasteiger charge is -2.13. The summed E-state index contributed by atoms with van der Waals surface area (Å²) in [6.07, 6.45) is 6.87. The van der Waals surface area contributed by atoms with E-state index in [0.29, 0.717) is 17.5 Å². The van der Waals surface area contributed by atoms with Gasteiger partial charge < -0.3 is 5.32 Å². The number of halogens is 1. The van der Waals surface area contributed by atoms with Gasteiger partial charge in [0.15, 0.2) is 11.0 Å². The van der Waals surface area contributed by atoms with Crippen molar-refractivity contribution in [3.05, 3.63) is 17.5 Å². The molecule has 1 unspecified atom stereocenters. The molecule has 1 heterocycles. The summed E-state index contributed by atoms with van der Waals surface area (Å²) >= 11 is 5.84. The van der Waals surface area contributed by atoms with E-state index < -0.39 is 10.8 Å². The summed E-state index contributed by atoms with van der Waals surface area (Å²) in [4.78, 5) is 7.97. The lowest BCUT2D eigenvalue weighted by molar-refractivity contribution is 0.674. The largest absolute Gasteiger partial charge is 0.366 e. The zero-order valence-electron chi connectivity index (χ0n) is 8.36. The first-order valence-electron chi connectivity index (χ1n) is 4.68. The van der Waals surface area contributed by atoms with Gasteiger partial charge in [-0.25, -0.2) is 9.97 Å². The van der Waals surface area contributed by atoms with Crippen molar-refractivity contribution in [3.63, 3.8) is 0 Å². The molecule has 1 fully saturated rings. The van der Waals surface area contributed by atoms with Gasteiger partial charge in [0.05, 0.1) is 4.75 Å². The Hall–Kier alpha value is -0.680. The molecule has 15 heavy (non-hydrogen) atoms. The lowest BCUT2D eigenvalue weighted by atomic mass is 10.4. The maximum atomic E-state index is 11.4. The van der Waals surface area contributed by atoms with Gasteiger partial charge in [0.2, 0.25) is 0 Å². The highest BCUT2D eigenvalue weighted by atomic mass is 35.5. The van der Waals surface area contributed by atoms with Crippen LogP contribution in [0.1, 0.15) is 12.8 Å². The molecule has 0 aromatic carbocycles. The highest BCUT2D eigenvalue weighted by molar-refractivity contribution is 7.86. The topological polar surface area (TPSA) is 54.9 Å². The number of nitrogens with one attached hydrogen (secondary N) is 1. The second-order valence-electron chi connectivity index (χ2n) is 3.69. The number of anilines is 1. The van der Waals surface area contributed by atoms with Crippen LogP contribution in [0.25, 0.3) is 0 Å². The first kappa shape index (κ1) is 10.8. The number of rotatable bonds is 4. The fourth-order valence-electron chi connectivity index (χ4n) is 1.39. The van der Waals surface area contributed by atoms with E-state index in [-0.39, 0.29) is 4.75 Å². The molecule has 0 amide bonds. The number of aromatic nitrogens is 2. The SMILES string of the molecule is CS(=O)C1(CNc2nccnc2Cl)CC1. The third kappa shape index (κ3) is 2.29. The van der Waals surface area contributed by atoms with E-state index in [1.165, 1.54) is 0 Å². The van der Waals surface area contributed by atoms with E-state index in [2.05, 4.69) is 15.3 Å². The molecular weight excluding hydrogens is 234 g/mol. The molecule has 6 heteroatoms. The van der Waals surface area contributed by atoms with Gasteiger partial charge in [-0.1, -0.05) is 11.6 Å². The summed E-state index contributed by atoms with van der Waals surface area (Å²) in [5.74, 6) is 0.566. The third-order valence-electron chi connectivity index (χ3n) is 2.65. The Morgan fingerprint density at radius 1 is 1.53 bits per heavy atom. The van der Waals surface area contributed by atoms with Crippen LogP contribution in [-0.2, 0) is 10.8 Å². The Bertz CT molecular complexity index is 395. The van der Waals surface area contributed by atoms with Crippen molar-refractivity contribution in [2.24, 2.45) is 0 Å². The molecule has 82 valence electrons. The van der Waals surface area contributed by atoms with Crippen LogP contribution < -0.4 is 5.32 Å². The monoisotopic (exact) mass is 245 g/mol. The van der Waals surface area contributed by atoms with Crippen LogP contribution in [0.5, 0.6) is 0 Å². The van der Waals surface area contributed by atoms with Crippen molar-refractivity contribution in [1.82, 2.24) is 9.97 Å². The number of hydrogen-bond donors (Lipinski definition) is 1. The maximum Gasteiger partial charge on any atom is 0.171 e. The normalized spacial score (nSPS) is 19.6. The Kier molecular flexibility index (Phi) is 2.93. The molecule has 1 aliphatic rings. The van der Waals surface area contributed by atoms with Crippen LogP contribution in [0.2, 0.25) is 5.15 Å². The van der Waals surface area contributed by atoms with Crippen molar-refractivity contribution >= 4 is 28.2 Å². The van der Waals surface area contributed by atoms with Gasteiger partial charge in [-0.15, -0.1) is 0 Å². The fraction of sp³-hybridized carbons (Fsp3) is 0.556. The average molecular weight is 246 g/mol. The third-order valence-corrected chi connectivity index (χ3v) is 4.70. The zero-order chi connectivity index (χ0) is 10.9. The van der Waals surface area contributed by atoms with Crippen molar-refractivity contribution in [3.8, 4) is 0 Å². The Labute approximate surface area is 95.9 Å². The first-order valence-corrected chi connectivity index (χ1v) is 6.62. The van der Waals surface area contributed by atoms with Crippen LogP contribution in [0.3, 0.4) is 0 Å². The average Bonchev–Trinajstić information content (AvgIpc) is 2.98. The summed E-state index contributed by atoms with van der Waals surface area (Å²) in [7, 11) is -0.799. The van der Waals surface area contributed by atoms with Gasteiger partial charge in [-0.3, -0.25) is 4.21 Å². The quantitative estimate of drug-likeness (QED) is 0.873. The molecule has 1 aliphatic carbocycles. The molecule has 1 aromatic rings. The minimum atomic E-state index is -0.799. The summed E-state index contributed by atoms with van der Waals surface area (Å²) in [6, 6.07) is 0. The summed E-state index contributed by atoms with van der Waals surface area (Å²) in [6.45, 7) is 0.647. The Morgan fingerprint density at radius 3 is 2.73 bits per heavy atom. The van der Waals surface area contributed by atoms with Crippen LogP contribution in [-0.4, -0.2) is 31.7 Å². The van der Waals surface area contributed by atoms with Crippen LogP contribution in [0.15, 0.2) is 12.4 Å². The first-order chi connectivity index (χ1) is 7.14. The van der Waals surface area contributed by atoms with Gasteiger partial charge in [0.25, 0.3) is 0 Å². The molecular formula is C9H12ClN3OS. The lowest BCUT2D eigenvalue weighted by Crippen LogP contribution is -2.26. The van der Waals surface area contributed by atoms with Crippen LogP contribution in [0, 0.1) is 0 Å². The molecule has 0 radical (unpaired) electrons. The molecule has 2 rings (SSSR count). The summed E-state index contributed by atoms with van der Waals surface area (Å²) < 4.78 is 11.4. The minimum Gasteiger partial charge on any atom is -0.366 e. The molecule has 0 spiro atoms. The Balaban J connectivity index is 2.00. The van der Waals surface area contributed by atoms with Crippen molar-refractivity contribution < 1.29 is 4.21 Å². The van der Waals surface area contributed by atoms with Crippen molar-refractivity contribution in [2.75, 3.05) is 18.1 Å². The molecule has 1 N–H and O–H groups in total. The van der Waals surface area contributed by atoms with E-state index in [4.69, 9.17) is 11.6 Å². The molecule has 0 bridgehead atoms. The molecule has 1 saturated carbocycles. The molecule has 1 atom stereocenters. The maximum absolute atomic E-state index is 11.4. The minimum absolute atomic E-state index is 0.0686. The van der Waals surface area contributed by atoms with E-state index >= 15 is 0 Å². The predicted molar refractivity (Wildman–Crippen MR) is 61.6 cm³/mol. The van der Waals surface area contributed by atoms with Gasteiger partial charge >= 0.3 is 0 Å². The highest BCUT2D eigenvalue weighted by Crippen LogP contribution is 2.41. The molecule has 0 saturated heterocycles.